The number of carbonyl (C=O) groups is 2. The SMILES string of the molecule is CC(C)(C)C1OC(=O)c2cccc(c2)C(=O)O1. The molecule has 0 spiro atoms. The van der Waals surface area contributed by atoms with E-state index in [-0.39, 0.29) is 0 Å². The Morgan fingerprint density at radius 3 is 1.88 bits per heavy atom. The van der Waals surface area contributed by atoms with E-state index in [1.165, 1.54) is 6.07 Å². The number of hydrogen-bond acceptors (Lipinski definition) is 4. The smallest absolute Gasteiger partial charge is 0.341 e. The lowest BCUT2D eigenvalue weighted by atomic mass is 9.95. The van der Waals surface area contributed by atoms with Gasteiger partial charge in [0.25, 0.3) is 6.29 Å². The van der Waals surface area contributed by atoms with E-state index in [9.17, 15) is 9.59 Å². The molecule has 1 aromatic carbocycles. The first-order valence-corrected chi connectivity index (χ1v) is 5.40. The van der Waals surface area contributed by atoms with Crippen LogP contribution in [0.4, 0.5) is 0 Å². The van der Waals surface area contributed by atoms with Gasteiger partial charge in [0.05, 0.1) is 11.1 Å². The van der Waals surface area contributed by atoms with Crippen molar-refractivity contribution in [3.05, 3.63) is 35.4 Å². The fraction of sp³-hybridized carbons (Fsp3) is 0.385. The lowest BCUT2D eigenvalue weighted by molar-refractivity contribution is -0.132. The first-order chi connectivity index (χ1) is 7.88. The lowest BCUT2D eigenvalue weighted by Gasteiger charge is -2.30. The van der Waals surface area contributed by atoms with Crippen molar-refractivity contribution in [3.63, 3.8) is 0 Å². The van der Waals surface area contributed by atoms with E-state index in [2.05, 4.69) is 0 Å². The average molecular weight is 234 g/mol. The fourth-order valence-electron chi connectivity index (χ4n) is 1.48. The number of fused-ring (bicyclic) bond motifs is 2. The number of ether oxygens (including phenoxy) is 2. The molecule has 0 saturated heterocycles. The van der Waals surface area contributed by atoms with Gasteiger partial charge in [-0.25, -0.2) is 9.59 Å². The summed E-state index contributed by atoms with van der Waals surface area (Å²) in [6, 6.07) is 6.34. The van der Waals surface area contributed by atoms with Crippen LogP contribution in [0.3, 0.4) is 0 Å². The summed E-state index contributed by atoms with van der Waals surface area (Å²) in [4.78, 5) is 23.6. The molecule has 1 aliphatic rings. The van der Waals surface area contributed by atoms with E-state index in [1.807, 2.05) is 20.8 Å². The van der Waals surface area contributed by atoms with Crippen LogP contribution >= 0.6 is 0 Å². The van der Waals surface area contributed by atoms with Crippen LogP contribution in [-0.2, 0) is 9.47 Å². The molecule has 4 nitrogen and oxygen atoms in total. The fourth-order valence-corrected chi connectivity index (χ4v) is 1.48. The summed E-state index contributed by atoms with van der Waals surface area (Å²) in [5.74, 6) is -0.946. The molecule has 2 rings (SSSR count). The normalized spacial score (nSPS) is 16.9. The van der Waals surface area contributed by atoms with Crippen LogP contribution in [-0.4, -0.2) is 18.2 Å². The highest BCUT2D eigenvalue weighted by molar-refractivity contribution is 5.96. The van der Waals surface area contributed by atoms with E-state index >= 15 is 0 Å². The highest BCUT2D eigenvalue weighted by Gasteiger charge is 2.34. The molecule has 0 amide bonds. The molecule has 0 atom stereocenters. The molecule has 0 fully saturated rings. The molecule has 2 bridgehead atoms. The van der Waals surface area contributed by atoms with Gasteiger partial charge in [-0.3, -0.25) is 0 Å². The molecule has 0 radical (unpaired) electrons. The van der Waals surface area contributed by atoms with Crippen LogP contribution in [0.1, 0.15) is 41.5 Å². The maximum absolute atomic E-state index is 11.8. The second-order valence-corrected chi connectivity index (χ2v) is 5.09. The Bertz CT molecular complexity index is 437. The molecule has 0 unspecified atom stereocenters. The van der Waals surface area contributed by atoms with Gasteiger partial charge in [0.2, 0.25) is 0 Å². The maximum atomic E-state index is 11.8. The zero-order valence-corrected chi connectivity index (χ0v) is 10.0. The monoisotopic (exact) mass is 234 g/mol. The van der Waals surface area contributed by atoms with Crippen molar-refractivity contribution in [3.8, 4) is 0 Å². The summed E-state index contributed by atoms with van der Waals surface area (Å²) in [5.41, 5.74) is 0.281. The van der Waals surface area contributed by atoms with Crippen molar-refractivity contribution in [2.45, 2.75) is 27.1 Å². The molecule has 4 heteroatoms. The Morgan fingerprint density at radius 2 is 1.47 bits per heavy atom. The van der Waals surface area contributed by atoms with Gasteiger partial charge in [0.1, 0.15) is 0 Å². The summed E-state index contributed by atoms with van der Waals surface area (Å²) >= 11 is 0. The summed E-state index contributed by atoms with van der Waals surface area (Å²) in [5, 5.41) is 0. The van der Waals surface area contributed by atoms with E-state index in [4.69, 9.17) is 9.47 Å². The molecular weight excluding hydrogens is 220 g/mol. The van der Waals surface area contributed by atoms with Crippen LogP contribution in [0.15, 0.2) is 24.3 Å². The number of hydrogen-bond donors (Lipinski definition) is 0. The van der Waals surface area contributed by atoms with Crippen molar-refractivity contribution in [1.82, 2.24) is 0 Å². The Labute approximate surface area is 99.5 Å². The number of esters is 2. The molecule has 1 heterocycles. The summed E-state index contributed by atoms with van der Waals surface area (Å²) < 4.78 is 10.4. The quantitative estimate of drug-likeness (QED) is 0.647. The van der Waals surface area contributed by atoms with Crippen LogP contribution in [0.2, 0.25) is 0 Å². The summed E-state index contributed by atoms with van der Waals surface area (Å²) in [6.07, 6.45) is -0.874. The predicted octanol–water partition coefficient (Wildman–Crippen LogP) is 2.39. The standard InChI is InChI=1S/C13H14O4/c1-13(2,3)12-16-10(14)8-5-4-6-9(7-8)11(15)17-12/h4-7,12H,1-3H3. The van der Waals surface area contributed by atoms with Gasteiger partial charge < -0.3 is 9.47 Å². The Hall–Kier alpha value is -1.84. The molecular formula is C13H14O4. The first kappa shape index (κ1) is 11.6. The molecule has 1 aromatic rings. The van der Waals surface area contributed by atoms with Crippen molar-refractivity contribution in [2.75, 3.05) is 0 Å². The minimum absolute atomic E-state index is 0.369. The van der Waals surface area contributed by atoms with E-state index in [1.54, 1.807) is 18.2 Å². The summed E-state index contributed by atoms with van der Waals surface area (Å²) in [7, 11) is 0. The minimum atomic E-state index is -0.874. The van der Waals surface area contributed by atoms with Gasteiger partial charge in [-0.15, -0.1) is 0 Å². The number of rotatable bonds is 0. The van der Waals surface area contributed by atoms with Crippen LogP contribution in [0.25, 0.3) is 0 Å². The number of cyclic esters (lactones) is 2. The second kappa shape index (κ2) is 3.87. The van der Waals surface area contributed by atoms with Gasteiger partial charge in [-0.1, -0.05) is 26.8 Å². The highest BCUT2D eigenvalue weighted by atomic mass is 16.7. The molecule has 0 aliphatic carbocycles. The van der Waals surface area contributed by atoms with Gasteiger partial charge in [-0.05, 0) is 18.2 Å². The van der Waals surface area contributed by atoms with Crippen molar-refractivity contribution in [1.29, 1.82) is 0 Å². The van der Waals surface area contributed by atoms with Gasteiger partial charge >= 0.3 is 11.9 Å². The third-order valence-electron chi connectivity index (χ3n) is 2.47. The molecule has 90 valence electrons. The third-order valence-corrected chi connectivity index (χ3v) is 2.47. The van der Waals surface area contributed by atoms with Crippen LogP contribution in [0, 0.1) is 5.41 Å². The molecule has 0 saturated carbocycles. The molecule has 0 aromatic heterocycles. The molecule has 0 N–H and O–H groups in total. The van der Waals surface area contributed by atoms with Crippen molar-refractivity contribution >= 4 is 11.9 Å². The van der Waals surface area contributed by atoms with Crippen molar-refractivity contribution in [2.24, 2.45) is 5.41 Å². The predicted molar refractivity (Wildman–Crippen MR) is 60.5 cm³/mol. The zero-order chi connectivity index (χ0) is 12.6. The largest absolute Gasteiger partial charge is 0.421 e. The Balaban J connectivity index is 2.41. The van der Waals surface area contributed by atoms with Crippen LogP contribution < -0.4 is 0 Å². The lowest BCUT2D eigenvalue weighted by Crippen LogP contribution is -2.37. The van der Waals surface area contributed by atoms with Crippen LogP contribution in [0.5, 0.6) is 0 Å². The van der Waals surface area contributed by atoms with E-state index < -0.39 is 23.6 Å². The number of benzene rings is 1. The Morgan fingerprint density at radius 1 is 1.00 bits per heavy atom. The maximum Gasteiger partial charge on any atom is 0.341 e. The minimum Gasteiger partial charge on any atom is -0.421 e. The topological polar surface area (TPSA) is 52.6 Å². The number of carbonyl (C=O) groups excluding carboxylic acids is 2. The third kappa shape index (κ3) is 2.30. The molecule has 1 aliphatic heterocycles. The van der Waals surface area contributed by atoms with Gasteiger partial charge in [0, 0.05) is 5.41 Å². The van der Waals surface area contributed by atoms with Crippen molar-refractivity contribution < 1.29 is 19.1 Å². The second-order valence-electron chi connectivity index (χ2n) is 5.09. The van der Waals surface area contributed by atoms with Gasteiger partial charge in [-0.2, -0.15) is 0 Å². The Kier molecular flexibility index (Phi) is 2.65. The molecule has 17 heavy (non-hydrogen) atoms. The van der Waals surface area contributed by atoms with E-state index in [0.29, 0.717) is 11.1 Å². The summed E-state index contributed by atoms with van der Waals surface area (Å²) in [6.45, 7) is 5.52. The average Bonchev–Trinajstić information content (AvgIpc) is 2.26. The first-order valence-electron chi connectivity index (χ1n) is 5.40. The van der Waals surface area contributed by atoms with Gasteiger partial charge in [0.15, 0.2) is 0 Å². The highest BCUT2D eigenvalue weighted by Crippen LogP contribution is 2.27. The zero-order valence-electron chi connectivity index (χ0n) is 10.0. The van der Waals surface area contributed by atoms with E-state index in [0.717, 1.165) is 0 Å².